The maximum absolute atomic E-state index is 11.9. The van der Waals surface area contributed by atoms with Crippen molar-refractivity contribution in [1.29, 1.82) is 0 Å². The van der Waals surface area contributed by atoms with Crippen LogP contribution >= 0.6 is 0 Å². The number of carbonyl (C=O) groups is 3. The second kappa shape index (κ2) is 6.14. The highest BCUT2D eigenvalue weighted by atomic mass is 16.4. The molecule has 1 aromatic heterocycles. The zero-order valence-electron chi connectivity index (χ0n) is 10.7. The van der Waals surface area contributed by atoms with Gasteiger partial charge in [-0.05, 0) is 13.0 Å². The molecule has 0 aliphatic carbocycles. The first-order valence-electron chi connectivity index (χ1n) is 5.68. The van der Waals surface area contributed by atoms with Crippen molar-refractivity contribution in [3.8, 4) is 0 Å². The molecule has 0 aliphatic heterocycles. The smallest absolute Gasteiger partial charge is 0.326 e. The molecule has 1 unspecified atom stereocenters. The molecule has 1 atom stereocenters. The Morgan fingerprint density at radius 3 is 2.47 bits per heavy atom. The average molecular weight is 268 g/mol. The standard InChI is InChI=1S/C12H16N2O5/c1-7(16)8-5-10(14(2)6-8)11(17)13-9(3-4-15)12(18)19/h5-6,9,15H,3-4H2,1-2H3,(H,13,17)(H,18,19). The number of carbonyl (C=O) groups excluding carboxylic acids is 2. The summed E-state index contributed by atoms with van der Waals surface area (Å²) in [6, 6.07) is 0.239. The fraction of sp³-hybridized carbons (Fsp3) is 0.417. The second-order valence-electron chi connectivity index (χ2n) is 4.16. The van der Waals surface area contributed by atoms with E-state index < -0.39 is 17.9 Å². The van der Waals surface area contributed by atoms with Crippen molar-refractivity contribution in [2.45, 2.75) is 19.4 Å². The largest absolute Gasteiger partial charge is 0.480 e. The number of carboxylic acids is 1. The van der Waals surface area contributed by atoms with Crippen LogP contribution in [-0.4, -0.2) is 45.1 Å². The van der Waals surface area contributed by atoms with Gasteiger partial charge in [0.25, 0.3) is 5.91 Å². The fourth-order valence-electron chi connectivity index (χ4n) is 1.60. The lowest BCUT2D eigenvalue weighted by Crippen LogP contribution is -2.41. The van der Waals surface area contributed by atoms with Crippen LogP contribution in [-0.2, 0) is 11.8 Å². The Balaban J connectivity index is 2.88. The number of amides is 1. The van der Waals surface area contributed by atoms with Gasteiger partial charge in [-0.2, -0.15) is 0 Å². The SMILES string of the molecule is CC(=O)c1cc(C(=O)NC(CCO)C(=O)O)n(C)c1. The lowest BCUT2D eigenvalue weighted by atomic mass is 10.2. The number of aliphatic hydroxyl groups excluding tert-OH is 1. The molecular formula is C12H16N2O5. The summed E-state index contributed by atoms with van der Waals surface area (Å²) in [5.41, 5.74) is 0.566. The number of nitrogens with zero attached hydrogens (tertiary/aromatic N) is 1. The van der Waals surface area contributed by atoms with Gasteiger partial charge in [-0.15, -0.1) is 0 Å². The van der Waals surface area contributed by atoms with Crippen LogP contribution in [0.4, 0.5) is 0 Å². The third kappa shape index (κ3) is 3.65. The van der Waals surface area contributed by atoms with Crippen molar-refractivity contribution in [2.75, 3.05) is 6.61 Å². The number of aryl methyl sites for hydroxylation is 1. The van der Waals surface area contributed by atoms with E-state index in [1.165, 1.54) is 23.8 Å². The number of aromatic nitrogens is 1. The first-order valence-corrected chi connectivity index (χ1v) is 5.68. The second-order valence-corrected chi connectivity index (χ2v) is 4.16. The number of aliphatic hydroxyl groups is 1. The number of carboxylic acid groups (broad SMARTS) is 1. The first kappa shape index (κ1) is 14.9. The van der Waals surface area contributed by atoms with E-state index in [9.17, 15) is 14.4 Å². The summed E-state index contributed by atoms with van der Waals surface area (Å²) >= 11 is 0. The molecule has 0 aromatic carbocycles. The Morgan fingerprint density at radius 2 is 2.05 bits per heavy atom. The van der Waals surface area contributed by atoms with Crippen molar-refractivity contribution >= 4 is 17.7 Å². The molecule has 0 bridgehead atoms. The normalized spacial score (nSPS) is 11.9. The predicted octanol–water partition coefficient (Wildman–Crippen LogP) is -0.207. The van der Waals surface area contributed by atoms with Crippen LogP contribution in [0.5, 0.6) is 0 Å². The van der Waals surface area contributed by atoms with Crippen LogP contribution in [0.3, 0.4) is 0 Å². The number of aliphatic carboxylic acids is 1. The molecule has 0 spiro atoms. The minimum Gasteiger partial charge on any atom is -0.480 e. The van der Waals surface area contributed by atoms with Gasteiger partial charge in [-0.1, -0.05) is 0 Å². The highest BCUT2D eigenvalue weighted by Crippen LogP contribution is 2.08. The van der Waals surface area contributed by atoms with E-state index in [0.717, 1.165) is 0 Å². The maximum Gasteiger partial charge on any atom is 0.326 e. The van der Waals surface area contributed by atoms with Crippen LogP contribution < -0.4 is 5.32 Å². The molecule has 1 rings (SSSR count). The quantitative estimate of drug-likeness (QED) is 0.619. The van der Waals surface area contributed by atoms with E-state index in [-0.39, 0.29) is 24.5 Å². The van der Waals surface area contributed by atoms with Crippen molar-refractivity contribution in [1.82, 2.24) is 9.88 Å². The van der Waals surface area contributed by atoms with E-state index in [1.54, 1.807) is 7.05 Å². The topological polar surface area (TPSA) is 109 Å². The molecule has 7 nitrogen and oxygen atoms in total. The van der Waals surface area contributed by atoms with Crippen LogP contribution in [0.25, 0.3) is 0 Å². The molecule has 0 saturated carbocycles. The molecule has 0 radical (unpaired) electrons. The molecule has 0 saturated heterocycles. The van der Waals surface area contributed by atoms with Gasteiger partial charge < -0.3 is 20.1 Å². The minimum atomic E-state index is -1.22. The van der Waals surface area contributed by atoms with Gasteiger partial charge in [0, 0.05) is 31.8 Å². The maximum atomic E-state index is 11.9. The van der Waals surface area contributed by atoms with Crippen molar-refractivity contribution in [2.24, 2.45) is 7.05 Å². The van der Waals surface area contributed by atoms with Gasteiger partial charge in [-0.25, -0.2) is 4.79 Å². The van der Waals surface area contributed by atoms with Gasteiger partial charge in [0.05, 0.1) is 0 Å². The molecular weight excluding hydrogens is 252 g/mol. The zero-order valence-corrected chi connectivity index (χ0v) is 10.7. The first-order chi connectivity index (χ1) is 8.86. The molecule has 7 heteroatoms. The molecule has 0 aliphatic rings. The van der Waals surface area contributed by atoms with E-state index in [4.69, 9.17) is 10.2 Å². The number of nitrogens with one attached hydrogen (secondary N) is 1. The van der Waals surface area contributed by atoms with E-state index in [1.807, 2.05) is 0 Å². The van der Waals surface area contributed by atoms with Gasteiger partial charge in [-0.3, -0.25) is 9.59 Å². The Kier molecular flexibility index (Phi) is 4.82. The van der Waals surface area contributed by atoms with E-state index in [0.29, 0.717) is 5.56 Å². The van der Waals surface area contributed by atoms with E-state index >= 15 is 0 Å². The van der Waals surface area contributed by atoms with Gasteiger partial charge in [0.15, 0.2) is 5.78 Å². The number of ketones is 1. The van der Waals surface area contributed by atoms with E-state index in [2.05, 4.69) is 5.32 Å². The monoisotopic (exact) mass is 268 g/mol. The third-order valence-electron chi connectivity index (χ3n) is 2.67. The molecule has 1 heterocycles. The summed E-state index contributed by atoms with van der Waals surface area (Å²) in [6.07, 6.45) is 1.42. The minimum absolute atomic E-state index is 0.0783. The summed E-state index contributed by atoms with van der Waals surface area (Å²) in [5, 5.41) is 19.9. The number of rotatable bonds is 6. The van der Waals surface area contributed by atoms with Crippen LogP contribution in [0.2, 0.25) is 0 Å². The third-order valence-corrected chi connectivity index (χ3v) is 2.67. The highest BCUT2D eigenvalue weighted by Gasteiger charge is 2.22. The van der Waals surface area contributed by atoms with Gasteiger partial charge >= 0.3 is 5.97 Å². The molecule has 1 amide bonds. The predicted molar refractivity (Wildman–Crippen MR) is 66.0 cm³/mol. The molecule has 1 aromatic rings. The Morgan fingerprint density at radius 1 is 1.42 bits per heavy atom. The summed E-state index contributed by atoms with van der Waals surface area (Å²) in [4.78, 5) is 34.0. The van der Waals surface area contributed by atoms with Crippen molar-refractivity contribution in [3.63, 3.8) is 0 Å². The van der Waals surface area contributed by atoms with Crippen LogP contribution in [0, 0.1) is 0 Å². The Bertz CT molecular complexity index is 506. The van der Waals surface area contributed by atoms with Crippen molar-refractivity contribution < 1.29 is 24.6 Å². The van der Waals surface area contributed by atoms with Crippen LogP contribution in [0.1, 0.15) is 34.2 Å². The molecule has 104 valence electrons. The van der Waals surface area contributed by atoms with Gasteiger partial charge in [0.2, 0.25) is 0 Å². The Labute approximate surface area is 109 Å². The average Bonchev–Trinajstić information content (AvgIpc) is 2.70. The van der Waals surface area contributed by atoms with Crippen LogP contribution in [0.15, 0.2) is 12.3 Å². The summed E-state index contributed by atoms with van der Waals surface area (Å²) < 4.78 is 1.45. The number of hydrogen-bond donors (Lipinski definition) is 3. The number of Topliss-reactive ketones (excluding diaryl/α,β-unsaturated/α-hetero) is 1. The fourth-order valence-corrected chi connectivity index (χ4v) is 1.60. The lowest BCUT2D eigenvalue weighted by Gasteiger charge is -2.13. The highest BCUT2D eigenvalue weighted by molar-refractivity contribution is 6.00. The molecule has 0 fully saturated rings. The lowest BCUT2D eigenvalue weighted by molar-refractivity contribution is -0.139. The molecule has 3 N–H and O–H groups in total. The summed E-state index contributed by atoms with van der Waals surface area (Å²) in [6.45, 7) is 1.03. The Hall–Kier alpha value is -2.15. The van der Waals surface area contributed by atoms with Crippen molar-refractivity contribution in [3.05, 3.63) is 23.5 Å². The molecule has 19 heavy (non-hydrogen) atoms. The summed E-state index contributed by atoms with van der Waals surface area (Å²) in [5.74, 6) is -2.00. The van der Waals surface area contributed by atoms with Gasteiger partial charge in [0.1, 0.15) is 11.7 Å². The summed E-state index contributed by atoms with van der Waals surface area (Å²) in [7, 11) is 1.59. The zero-order chi connectivity index (χ0) is 14.6. The number of hydrogen-bond acceptors (Lipinski definition) is 4.